The molecule has 3 rings (SSSR count). The average molecular weight is 485 g/mol. The van der Waals surface area contributed by atoms with Crippen LogP contribution in [0.15, 0.2) is 10.9 Å². The lowest BCUT2D eigenvalue weighted by molar-refractivity contribution is 0.0104. The van der Waals surface area contributed by atoms with Crippen molar-refractivity contribution >= 4 is 27.8 Å². The quantitative estimate of drug-likeness (QED) is 0.574. The predicted octanol–water partition coefficient (Wildman–Crippen LogP) is 1.13. The summed E-state index contributed by atoms with van der Waals surface area (Å²) >= 11 is 0. The van der Waals surface area contributed by atoms with E-state index >= 15 is 0 Å². The van der Waals surface area contributed by atoms with Crippen molar-refractivity contribution in [2.75, 3.05) is 24.2 Å². The number of anilines is 1. The Kier molecular flexibility index (Phi) is 6.76. The number of piperazine rings is 1. The van der Waals surface area contributed by atoms with E-state index in [-0.39, 0.29) is 24.8 Å². The number of carbonyl (C=O) groups excluding carboxylic acids is 1. The van der Waals surface area contributed by atoms with Crippen molar-refractivity contribution < 1.29 is 22.1 Å². The van der Waals surface area contributed by atoms with Crippen LogP contribution >= 0.6 is 0 Å². The van der Waals surface area contributed by atoms with Crippen molar-refractivity contribution in [2.45, 2.75) is 65.3 Å². The van der Waals surface area contributed by atoms with Crippen LogP contribution in [-0.2, 0) is 32.7 Å². The van der Waals surface area contributed by atoms with Gasteiger partial charge in [0.15, 0.2) is 0 Å². The summed E-state index contributed by atoms with van der Waals surface area (Å²) in [6.45, 7) is 9.97. The molecule has 0 radical (unpaired) electrons. The second-order valence-corrected chi connectivity index (χ2v) is 11.0. The first-order chi connectivity index (χ1) is 15.2. The lowest BCUT2D eigenvalue weighted by Crippen LogP contribution is -2.60. The summed E-state index contributed by atoms with van der Waals surface area (Å²) in [6.07, 6.45) is 1.27. The van der Waals surface area contributed by atoms with E-state index in [1.807, 2.05) is 39.5 Å². The molecule has 1 saturated heterocycles. The first-order valence-electron chi connectivity index (χ1n) is 10.8. The zero-order valence-electron chi connectivity index (χ0n) is 20.1. The van der Waals surface area contributed by atoms with Crippen LogP contribution in [-0.4, -0.2) is 75.6 Å². The Bertz CT molecular complexity index is 1200. The van der Waals surface area contributed by atoms with E-state index in [1.54, 1.807) is 18.0 Å². The number of aryl methyl sites for hydroxylation is 1. The van der Waals surface area contributed by atoms with Crippen LogP contribution in [0.2, 0.25) is 0 Å². The molecule has 12 nitrogen and oxygen atoms in total. The molecule has 3 heterocycles. The molecule has 33 heavy (non-hydrogen) atoms. The number of carbonyl (C=O) groups is 1. The molecular weight excluding hydrogens is 452 g/mol. The van der Waals surface area contributed by atoms with E-state index in [0.29, 0.717) is 36.8 Å². The van der Waals surface area contributed by atoms with Gasteiger partial charge in [-0.05, 0) is 34.1 Å². The molecule has 184 valence electrons. The summed E-state index contributed by atoms with van der Waals surface area (Å²) in [7, 11) is -2.08. The van der Waals surface area contributed by atoms with Crippen LogP contribution in [0.5, 0.6) is 0 Å². The third kappa shape index (κ3) is 5.64. The van der Waals surface area contributed by atoms with E-state index in [4.69, 9.17) is 8.92 Å². The number of nitrogens with zero attached hydrogens (tertiary/aromatic N) is 6. The van der Waals surface area contributed by atoms with Gasteiger partial charge in [-0.1, -0.05) is 6.92 Å². The molecule has 0 bridgehead atoms. The van der Waals surface area contributed by atoms with E-state index in [9.17, 15) is 18.0 Å². The van der Waals surface area contributed by atoms with E-state index in [1.165, 1.54) is 9.08 Å². The molecule has 1 aliphatic heterocycles. The lowest BCUT2D eigenvalue weighted by atomic mass is 10.1. The van der Waals surface area contributed by atoms with Gasteiger partial charge in [0.25, 0.3) is 10.1 Å². The summed E-state index contributed by atoms with van der Waals surface area (Å²) < 4.78 is 36.0. The molecule has 1 aliphatic rings. The number of hydrogen-bond acceptors (Lipinski definition) is 9. The van der Waals surface area contributed by atoms with E-state index in [0.717, 1.165) is 6.26 Å². The molecule has 2 aromatic heterocycles. The minimum absolute atomic E-state index is 0.152. The van der Waals surface area contributed by atoms with Crippen LogP contribution < -0.4 is 10.6 Å². The van der Waals surface area contributed by atoms with Crippen molar-refractivity contribution in [1.82, 2.24) is 24.1 Å². The van der Waals surface area contributed by atoms with Crippen LogP contribution in [0, 0.1) is 0 Å². The third-order valence-corrected chi connectivity index (χ3v) is 5.92. The van der Waals surface area contributed by atoms with Gasteiger partial charge in [0.05, 0.1) is 18.0 Å². The average Bonchev–Trinajstić information content (AvgIpc) is 3.12. The lowest BCUT2D eigenvalue weighted by Gasteiger charge is -2.45. The van der Waals surface area contributed by atoms with Crippen molar-refractivity contribution in [1.29, 1.82) is 0 Å². The fourth-order valence-electron chi connectivity index (χ4n) is 3.74. The number of amides is 1. The Morgan fingerprint density at radius 1 is 1.27 bits per heavy atom. The van der Waals surface area contributed by atoms with Crippen molar-refractivity contribution in [3.05, 3.63) is 22.2 Å². The first kappa shape index (κ1) is 25.0. The summed E-state index contributed by atoms with van der Waals surface area (Å²) in [5, 5.41) is 4.44. The van der Waals surface area contributed by atoms with Crippen LogP contribution in [0.25, 0.3) is 5.65 Å². The minimum Gasteiger partial charge on any atom is -0.444 e. The fraction of sp³-hybridized carbons (Fsp3) is 0.700. The van der Waals surface area contributed by atoms with Gasteiger partial charge in [-0.15, -0.1) is 0 Å². The molecule has 13 heteroatoms. The maximum atomic E-state index is 12.8. The third-order valence-electron chi connectivity index (χ3n) is 5.38. The Morgan fingerprint density at radius 2 is 1.94 bits per heavy atom. The van der Waals surface area contributed by atoms with Gasteiger partial charge in [0, 0.05) is 32.2 Å². The molecule has 1 amide bonds. The zero-order valence-corrected chi connectivity index (χ0v) is 20.9. The SMILES string of the molecule is CC[C@@H]1CN(c2nc(=O)n(C)c3cc(COS(C)(=O)=O)nn23)[C@@H](C)CN1C(=O)OC(C)(C)C. The first-order valence-corrected chi connectivity index (χ1v) is 12.6. The van der Waals surface area contributed by atoms with E-state index < -0.39 is 21.4 Å². The second kappa shape index (κ2) is 8.93. The molecule has 0 saturated carbocycles. The monoisotopic (exact) mass is 484 g/mol. The number of fused-ring (bicyclic) bond motifs is 1. The number of aromatic nitrogens is 4. The van der Waals surface area contributed by atoms with Gasteiger partial charge in [-0.2, -0.15) is 23.0 Å². The van der Waals surface area contributed by atoms with Gasteiger partial charge >= 0.3 is 11.8 Å². The molecule has 0 spiro atoms. The van der Waals surface area contributed by atoms with Gasteiger partial charge in [-0.3, -0.25) is 8.75 Å². The number of rotatable bonds is 5. The summed E-state index contributed by atoms with van der Waals surface area (Å²) in [4.78, 5) is 33.3. The molecule has 1 fully saturated rings. The van der Waals surface area contributed by atoms with Gasteiger partial charge < -0.3 is 14.5 Å². The van der Waals surface area contributed by atoms with Crippen molar-refractivity contribution in [2.24, 2.45) is 7.05 Å². The Labute approximate surface area is 193 Å². The molecule has 0 N–H and O–H groups in total. The highest BCUT2D eigenvalue weighted by Gasteiger charge is 2.37. The fourth-order valence-corrected chi connectivity index (χ4v) is 4.08. The molecular formula is C20H32N6O6S. The topological polar surface area (TPSA) is 128 Å². The van der Waals surface area contributed by atoms with Gasteiger partial charge in [0.1, 0.15) is 17.9 Å². The Balaban J connectivity index is 1.97. The minimum atomic E-state index is -3.65. The highest BCUT2D eigenvalue weighted by Crippen LogP contribution is 2.25. The van der Waals surface area contributed by atoms with Crippen molar-refractivity contribution in [3.63, 3.8) is 0 Å². The molecule has 0 unspecified atom stereocenters. The van der Waals surface area contributed by atoms with Crippen LogP contribution in [0.1, 0.15) is 46.7 Å². The Morgan fingerprint density at radius 3 is 2.52 bits per heavy atom. The smallest absolute Gasteiger partial charge is 0.410 e. The molecule has 2 aromatic rings. The van der Waals surface area contributed by atoms with Gasteiger partial charge in [0.2, 0.25) is 5.95 Å². The van der Waals surface area contributed by atoms with Gasteiger partial charge in [-0.25, -0.2) is 9.59 Å². The summed E-state index contributed by atoms with van der Waals surface area (Å²) in [5.74, 6) is 0.327. The maximum Gasteiger partial charge on any atom is 0.410 e. The highest BCUT2D eigenvalue weighted by molar-refractivity contribution is 7.85. The molecule has 2 atom stereocenters. The zero-order chi connectivity index (χ0) is 24.7. The second-order valence-electron chi connectivity index (χ2n) is 9.32. The Hall–Kier alpha value is -2.67. The summed E-state index contributed by atoms with van der Waals surface area (Å²) in [6, 6.07) is 1.26. The standard InChI is InChI=1S/C20H32N6O6S/c1-8-15-11-24(13(2)10-25(15)19(28)32-20(3,4)5)17-21-18(27)23(6)16-9-14(22-26(16)17)12-31-33(7,29)30/h9,13,15H,8,10-12H2,1-7H3/t13-,15+/m0/s1. The largest absolute Gasteiger partial charge is 0.444 e. The highest BCUT2D eigenvalue weighted by atomic mass is 32.2. The number of ether oxygens (including phenoxy) is 1. The molecule has 0 aliphatic carbocycles. The van der Waals surface area contributed by atoms with E-state index in [2.05, 4.69) is 10.1 Å². The van der Waals surface area contributed by atoms with Crippen molar-refractivity contribution in [3.8, 4) is 0 Å². The van der Waals surface area contributed by atoms with Crippen LogP contribution in [0.3, 0.4) is 0 Å². The number of hydrogen-bond donors (Lipinski definition) is 0. The normalized spacial score (nSPS) is 19.8. The van der Waals surface area contributed by atoms with Crippen LogP contribution in [0.4, 0.5) is 10.7 Å². The maximum absolute atomic E-state index is 12.8. The predicted molar refractivity (Wildman–Crippen MR) is 122 cm³/mol. The summed E-state index contributed by atoms with van der Waals surface area (Å²) in [5.41, 5.74) is -0.277. The molecule has 0 aromatic carbocycles.